The highest BCUT2D eigenvalue weighted by Crippen LogP contribution is 2.48. The Labute approximate surface area is 261 Å². The van der Waals surface area contributed by atoms with Crippen LogP contribution in [-0.4, -0.2) is 6.71 Å². The number of rotatable bonds is 2. The molecule has 0 saturated heterocycles. The minimum atomic E-state index is 0.0526. The molecule has 0 spiro atoms. The van der Waals surface area contributed by atoms with E-state index in [1.165, 1.54) is 59.9 Å². The molecule has 208 valence electrons. The quantitative estimate of drug-likeness (QED) is 0.117. The zero-order valence-electron chi connectivity index (χ0n) is 24.3. The van der Waals surface area contributed by atoms with Crippen molar-refractivity contribution in [1.29, 1.82) is 0 Å². The third-order valence-electron chi connectivity index (χ3n) is 9.56. The monoisotopic (exact) mass is 572 g/mol. The van der Waals surface area contributed by atoms with E-state index in [4.69, 9.17) is 9.47 Å². The molecule has 0 aromatic heterocycles. The Kier molecular flexibility index (Phi) is 5.12. The maximum absolute atomic E-state index is 6.71. The zero-order chi connectivity index (χ0) is 29.5. The predicted octanol–water partition coefficient (Wildman–Crippen LogP) is 9.21. The van der Waals surface area contributed by atoms with E-state index in [0.717, 1.165) is 34.0 Å². The molecule has 2 aliphatic heterocycles. The van der Waals surface area contributed by atoms with E-state index in [0.29, 0.717) is 0 Å². The lowest BCUT2D eigenvalue weighted by molar-refractivity contribution is 0.465. The van der Waals surface area contributed by atoms with E-state index >= 15 is 0 Å². The summed E-state index contributed by atoms with van der Waals surface area (Å²) in [4.78, 5) is 0. The van der Waals surface area contributed by atoms with Crippen LogP contribution < -0.4 is 25.9 Å². The van der Waals surface area contributed by atoms with Gasteiger partial charge >= 0.3 is 0 Å². The number of ether oxygens (including phenoxy) is 2. The summed E-state index contributed by atoms with van der Waals surface area (Å²) < 4.78 is 13.4. The first-order valence-electron chi connectivity index (χ1n) is 15.5. The molecule has 8 aromatic carbocycles. The molecule has 10 rings (SSSR count). The van der Waals surface area contributed by atoms with Crippen molar-refractivity contribution in [1.82, 2.24) is 0 Å². The Morgan fingerprint density at radius 2 is 0.933 bits per heavy atom. The SMILES string of the molecule is c1ccc(-c2c3ccccc3c(-c3cc4c5c(c3)Oc3ccccc3B5c3ccccc3O4)c3ccc4ccccc4c23)cc1. The fourth-order valence-corrected chi connectivity index (χ4v) is 7.70. The number of para-hydroxylation sites is 2. The molecule has 2 heterocycles. The van der Waals surface area contributed by atoms with Gasteiger partial charge in [-0.05, 0) is 89.8 Å². The van der Waals surface area contributed by atoms with Crippen molar-refractivity contribution >= 4 is 55.4 Å². The Morgan fingerprint density at radius 3 is 1.62 bits per heavy atom. The van der Waals surface area contributed by atoms with Crippen LogP contribution in [0.15, 0.2) is 152 Å². The Bertz CT molecular complexity index is 2430. The van der Waals surface area contributed by atoms with Gasteiger partial charge in [-0.3, -0.25) is 0 Å². The average Bonchev–Trinajstić information content (AvgIpc) is 3.10. The summed E-state index contributed by atoms with van der Waals surface area (Å²) in [6.45, 7) is 0.0526. The van der Waals surface area contributed by atoms with Crippen LogP contribution >= 0.6 is 0 Å². The van der Waals surface area contributed by atoms with Gasteiger partial charge in [-0.15, -0.1) is 0 Å². The van der Waals surface area contributed by atoms with Gasteiger partial charge in [0.2, 0.25) is 0 Å². The van der Waals surface area contributed by atoms with Gasteiger partial charge in [0.1, 0.15) is 23.0 Å². The van der Waals surface area contributed by atoms with Crippen LogP contribution in [0, 0.1) is 0 Å². The van der Waals surface area contributed by atoms with Crippen LogP contribution in [0.3, 0.4) is 0 Å². The van der Waals surface area contributed by atoms with E-state index in [1.54, 1.807) is 0 Å². The van der Waals surface area contributed by atoms with Crippen molar-refractivity contribution < 1.29 is 9.47 Å². The first-order valence-corrected chi connectivity index (χ1v) is 15.5. The van der Waals surface area contributed by atoms with Gasteiger partial charge in [-0.2, -0.15) is 0 Å². The minimum Gasteiger partial charge on any atom is -0.458 e. The highest BCUT2D eigenvalue weighted by molar-refractivity contribution is 6.98. The van der Waals surface area contributed by atoms with Gasteiger partial charge in [-0.25, -0.2) is 0 Å². The molecule has 45 heavy (non-hydrogen) atoms. The Balaban J connectivity index is 1.33. The molecule has 0 amide bonds. The fourth-order valence-electron chi connectivity index (χ4n) is 7.70. The highest BCUT2D eigenvalue weighted by atomic mass is 16.5. The molecule has 0 radical (unpaired) electrons. The van der Waals surface area contributed by atoms with Crippen LogP contribution in [0.1, 0.15) is 0 Å². The predicted molar refractivity (Wildman–Crippen MR) is 188 cm³/mol. The Hall–Kier alpha value is -5.80. The molecule has 0 saturated carbocycles. The fraction of sp³-hybridized carbons (Fsp3) is 0. The lowest BCUT2D eigenvalue weighted by atomic mass is 9.35. The van der Waals surface area contributed by atoms with Crippen molar-refractivity contribution in [3.63, 3.8) is 0 Å². The highest BCUT2D eigenvalue weighted by Gasteiger charge is 2.40. The van der Waals surface area contributed by atoms with Gasteiger partial charge < -0.3 is 9.47 Å². The third-order valence-corrected chi connectivity index (χ3v) is 9.56. The second-order valence-electron chi connectivity index (χ2n) is 12.0. The molecule has 0 aliphatic carbocycles. The second kappa shape index (κ2) is 9.35. The summed E-state index contributed by atoms with van der Waals surface area (Å²) in [5, 5.41) is 7.37. The number of hydrogen-bond donors (Lipinski definition) is 0. The van der Waals surface area contributed by atoms with Gasteiger partial charge in [-0.1, -0.05) is 127 Å². The summed E-state index contributed by atoms with van der Waals surface area (Å²) in [5.74, 6) is 3.50. The van der Waals surface area contributed by atoms with E-state index in [9.17, 15) is 0 Å². The van der Waals surface area contributed by atoms with Gasteiger partial charge in [0.15, 0.2) is 0 Å². The van der Waals surface area contributed by atoms with Crippen LogP contribution in [0.4, 0.5) is 0 Å². The van der Waals surface area contributed by atoms with Crippen LogP contribution in [0.25, 0.3) is 54.6 Å². The Morgan fingerprint density at radius 1 is 0.378 bits per heavy atom. The lowest BCUT2D eigenvalue weighted by Crippen LogP contribution is -2.57. The maximum atomic E-state index is 6.71. The minimum absolute atomic E-state index is 0.0526. The second-order valence-corrected chi connectivity index (χ2v) is 12.0. The molecule has 0 unspecified atom stereocenters. The number of benzene rings is 8. The van der Waals surface area contributed by atoms with E-state index in [-0.39, 0.29) is 6.71 Å². The van der Waals surface area contributed by atoms with E-state index < -0.39 is 0 Å². The third kappa shape index (κ3) is 3.52. The van der Waals surface area contributed by atoms with Crippen LogP contribution in [-0.2, 0) is 0 Å². The molecule has 2 aliphatic rings. The summed E-state index contributed by atoms with van der Waals surface area (Å²) in [6.07, 6.45) is 0. The molecule has 2 nitrogen and oxygen atoms in total. The van der Waals surface area contributed by atoms with Gasteiger partial charge in [0.25, 0.3) is 6.71 Å². The zero-order valence-corrected chi connectivity index (χ0v) is 24.3. The molecule has 3 heteroatoms. The summed E-state index contributed by atoms with van der Waals surface area (Å²) in [5.41, 5.74) is 8.18. The number of fused-ring (bicyclic) bond motifs is 8. The van der Waals surface area contributed by atoms with Crippen LogP contribution in [0.5, 0.6) is 23.0 Å². The molecular weight excluding hydrogens is 547 g/mol. The molecule has 0 bridgehead atoms. The standard InChI is InChI=1S/C42H25BO2/c1-2-13-27(14-3-1)40-31-17-7-6-16-30(31)39(32-23-22-26-12-4-5-15-29(26)41(32)40)28-24-37-42-38(25-28)45-36-21-11-9-19-34(36)43(42)33-18-8-10-20-35(33)44-37/h1-25H. The maximum Gasteiger partial charge on any atom is 0.260 e. The molecule has 8 aromatic rings. The van der Waals surface area contributed by atoms with Crippen molar-refractivity contribution in [2.24, 2.45) is 0 Å². The topological polar surface area (TPSA) is 18.5 Å². The lowest BCUT2D eigenvalue weighted by Gasteiger charge is -2.33. The van der Waals surface area contributed by atoms with E-state index in [2.05, 4.69) is 140 Å². The van der Waals surface area contributed by atoms with Crippen molar-refractivity contribution in [3.8, 4) is 45.3 Å². The normalized spacial score (nSPS) is 12.8. The first-order chi connectivity index (χ1) is 22.3. The molecule has 0 N–H and O–H groups in total. The first kappa shape index (κ1) is 24.6. The van der Waals surface area contributed by atoms with Crippen molar-refractivity contribution in [2.45, 2.75) is 0 Å². The van der Waals surface area contributed by atoms with Crippen LogP contribution in [0.2, 0.25) is 0 Å². The largest absolute Gasteiger partial charge is 0.458 e. The number of hydrogen-bond acceptors (Lipinski definition) is 2. The smallest absolute Gasteiger partial charge is 0.260 e. The summed E-state index contributed by atoms with van der Waals surface area (Å²) >= 11 is 0. The molecule has 0 atom stereocenters. The van der Waals surface area contributed by atoms with E-state index in [1.807, 2.05) is 12.1 Å². The van der Waals surface area contributed by atoms with Crippen molar-refractivity contribution in [3.05, 3.63) is 152 Å². The van der Waals surface area contributed by atoms with Gasteiger partial charge in [0, 0.05) is 5.46 Å². The van der Waals surface area contributed by atoms with Gasteiger partial charge in [0.05, 0.1) is 0 Å². The summed E-state index contributed by atoms with van der Waals surface area (Å²) in [6, 6.07) is 54.1. The van der Waals surface area contributed by atoms with Crippen molar-refractivity contribution in [2.75, 3.05) is 0 Å². The molecular formula is C42H25BO2. The average molecular weight is 572 g/mol. The molecule has 0 fully saturated rings. The summed E-state index contributed by atoms with van der Waals surface area (Å²) in [7, 11) is 0.